The molecule has 1 aromatic rings. The second-order valence-electron chi connectivity index (χ2n) is 6.51. The maximum atomic E-state index is 12.2. The monoisotopic (exact) mass is 333 g/mol. The largest absolute Gasteiger partial charge is 0.496 e. The summed E-state index contributed by atoms with van der Waals surface area (Å²) in [7, 11) is 1.65. The Morgan fingerprint density at radius 2 is 2.21 bits per heavy atom. The molecular weight excluding hydrogens is 306 g/mol. The van der Waals surface area contributed by atoms with E-state index in [1.54, 1.807) is 7.11 Å². The van der Waals surface area contributed by atoms with Crippen molar-refractivity contribution in [3.05, 3.63) is 29.3 Å². The summed E-state index contributed by atoms with van der Waals surface area (Å²) in [6.07, 6.45) is 0.180. The summed E-state index contributed by atoms with van der Waals surface area (Å²) in [5, 5.41) is 5.71. The Morgan fingerprint density at radius 3 is 2.83 bits per heavy atom. The smallest absolute Gasteiger partial charge is 0.237 e. The molecule has 1 atom stereocenters. The van der Waals surface area contributed by atoms with Gasteiger partial charge in [-0.05, 0) is 38.0 Å². The lowest BCUT2D eigenvalue weighted by molar-refractivity contribution is -0.134. The van der Waals surface area contributed by atoms with Gasteiger partial charge >= 0.3 is 0 Å². The van der Waals surface area contributed by atoms with Crippen molar-refractivity contribution in [2.75, 3.05) is 20.2 Å². The van der Waals surface area contributed by atoms with E-state index < -0.39 is 6.04 Å². The normalized spacial score (nSPS) is 18.4. The van der Waals surface area contributed by atoms with Crippen LogP contribution in [-0.2, 0) is 16.1 Å². The molecule has 0 saturated carbocycles. The van der Waals surface area contributed by atoms with Crippen molar-refractivity contribution < 1.29 is 14.3 Å². The molecular formula is C18H27N3O3. The van der Waals surface area contributed by atoms with Crippen LogP contribution in [0.25, 0.3) is 0 Å². The Hall–Kier alpha value is -2.08. The van der Waals surface area contributed by atoms with Gasteiger partial charge in [-0.2, -0.15) is 0 Å². The molecule has 1 fully saturated rings. The highest BCUT2D eigenvalue weighted by atomic mass is 16.5. The summed E-state index contributed by atoms with van der Waals surface area (Å²) >= 11 is 0. The molecule has 2 N–H and O–H groups in total. The Balaban J connectivity index is 2.09. The molecule has 132 valence electrons. The van der Waals surface area contributed by atoms with Crippen LogP contribution in [0, 0.1) is 6.92 Å². The van der Waals surface area contributed by atoms with Crippen LogP contribution in [0.5, 0.6) is 5.75 Å². The lowest BCUT2D eigenvalue weighted by atomic mass is 10.0. The Bertz CT molecular complexity index is 601. The summed E-state index contributed by atoms with van der Waals surface area (Å²) < 4.78 is 5.29. The first kappa shape index (κ1) is 18.3. The van der Waals surface area contributed by atoms with Crippen LogP contribution < -0.4 is 15.4 Å². The molecule has 0 spiro atoms. The van der Waals surface area contributed by atoms with Crippen molar-refractivity contribution in [1.29, 1.82) is 0 Å². The molecule has 1 aliphatic rings. The Kier molecular flexibility index (Phi) is 6.20. The number of piperazine rings is 1. The van der Waals surface area contributed by atoms with Crippen LogP contribution in [0.3, 0.4) is 0 Å². The number of carbonyl (C=O) groups is 2. The van der Waals surface area contributed by atoms with Gasteiger partial charge in [-0.15, -0.1) is 0 Å². The number of hydrogen-bond donors (Lipinski definition) is 2. The van der Waals surface area contributed by atoms with Gasteiger partial charge in [-0.3, -0.25) is 14.5 Å². The Labute approximate surface area is 143 Å². The standard InChI is InChI=1S/C18H27N3O3/c1-12(2)20-17(22)10-15-18(23)19-7-8-21(15)11-14-5-6-16(24-4)13(3)9-14/h5-6,9,12,15H,7-8,10-11H2,1-4H3,(H,19,23)(H,20,22). The fourth-order valence-corrected chi connectivity index (χ4v) is 3.00. The van der Waals surface area contributed by atoms with E-state index >= 15 is 0 Å². The maximum Gasteiger partial charge on any atom is 0.237 e. The average Bonchev–Trinajstić information content (AvgIpc) is 2.50. The van der Waals surface area contributed by atoms with Crippen molar-refractivity contribution >= 4 is 11.8 Å². The zero-order valence-electron chi connectivity index (χ0n) is 14.9. The van der Waals surface area contributed by atoms with E-state index in [0.29, 0.717) is 13.1 Å². The first-order chi connectivity index (χ1) is 11.4. The summed E-state index contributed by atoms with van der Waals surface area (Å²) in [5.74, 6) is 0.677. The second-order valence-corrected chi connectivity index (χ2v) is 6.51. The van der Waals surface area contributed by atoms with Gasteiger partial charge in [0, 0.05) is 25.7 Å². The van der Waals surface area contributed by atoms with E-state index in [1.807, 2.05) is 32.9 Å². The van der Waals surface area contributed by atoms with E-state index in [9.17, 15) is 9.59 Å². The van der Waals surface area contributed by atoms with Crippen molar-refractivity contribution in [3.63, 3.8) is 0 Å². The first-order valence-corrected chi connectivity index (χ1v) is 8.35. The minimum absolute atomic E-state index is 0.0711. The second kappa shape index (κ2) is 8.15. The van der Waals surface area contributed by atoms with Gasteiger partial charge in [0.2, 0.25) is 11.8 Å². The molecule has 0 bridgehead atoms. The van der Waals surface area contributed by atoms with Crippen LogP contribution in [0.1, 0.15) is 31.4 Å². The van der Waals surface area contributed by atoms with Crippen LogP contribution in [0.2, 0.25) is 0 Å². The number of amides is 2. The predicted octanol–water partition coefficient (Wildman–Crippen LogP) is 1.22. The van der Waals surface area contributed by atoms with E-state index in [-0.39, 0.29) is 24.3 Å². The summed E-state index contributed by atoms with van der Waals surface area (Å²) in [6, 6.07) is 5.65. The highest BCUT2D eigenvalue weighted by Crippen LogP contribution is 2.21. The topological polar surface area (TPSA) is 70.7 Å². The number of nitrogens with one attached hydrogen (secondary N) is 2. The molecule has 0 aliphatic carbocycles. The highest BCUT2D eigenvalue weighted by Gasteiger charge is 2.31. The maximum absolute atomic E-state index is 12.2. The molecule has 6 heteroatoms. The fourth-order valence-electron chi connectivity index (χ4n) is 3.00. The predicted molar refractivity (Wildman–Crippen MR) is 92.8 cm³/mol. The zero-order valence-corrected chi connectivity index (χ0v) is 14.9. The van der Waals surface area contributed by atoms with Gasteiger partial charge in [-0.25, -0.2) is 0 Å². The highest BCUT2D eigenvalue weighted by molar-refractivity contribution is 5.88. The zero-order chi connectivity index (χ0) is 17.7. The van der Waals surface area contributed by atoms with Gasteiger partial charge in [0.25, 0.3) is 0 Å². The molecule has 1 saturated heterocycles. The van der Waals surface area contributed by atoms with E-state index in [1.165, 1.54) is 0 Å². The molecule has 1 unspecified atom stereocenters. The first-order valence-electron chi connectivity index (χ1n) is 8.35. The molecule has 6 nitrogen and oxygen atoms in total. The molecule has 0 radical (unpaired) electrons. The number of rotatable bonds is 6. The third kappa shape index (κ3) is 4.71. The van der Waals surface area contributed by atoms with Crippen molar-refractivity contribution in [3.8, 4) is 5.75 Å². The molecule has 2 amide bonds. The quantitative estimate of drug-likeness (QED) is 0.821. The number of hydrogen-bond acceptors (Lipinski definition) is 4. The van der Waals surface area contributed by atoms with E-state index in [4.69, 9.17) is 4.74 Å². The molecule has 0 aromatic heterocycles. The van der Waals surface area contributed by atoms with Gasteiger partial charge < -0.3 is 15.4 Å². The number of methoxy groups -OCH3 is 1. The number of ether oxygens (including phenoxy) is 1. The average molecular weight is 333 g/mol. The van der Waals surface area contributed by atoms with Crippen LogP contribution in [0.4, 0.5) is 0 Å². The minimum atomic E-state index is -0.431. The van der Waals surface area contributed by atoms with Crippen LogP contribution >= 0.6 is 0 Å². The number of carbonyl (C=O) groups excluding carboxylic acids is 2. The summed E-state index contributed by atoms with van der Waals surface area (Å²) in [5.41, 5.74) is 2.17. The van der Waals surface area contributed by atoms with Crippen LogP contribution in [-0.4, -0.2) is 49.0 Å². The summed E-state index contributed by atoms with van der Waals surface area (Å²) in [4.78, 5) is 26.4. The van der Waals surface area contributed by atoms with Crippen molar-refractivity contribution in [1.82, 2.24) is 15.5 Å². The lowest BCUT2D eigenvalue weighted by Gasteiger charge is -2.35. The summed E-state index contributed by atoms with van der Waals surface area (Å²) in [6.45, 7) is 7.80. The number of aryl methyl sites for hydroxylation is 1. The van der Waals surface area contributed by atoms with Crippen molar-refractivity contribution in [2.24, 2.45) is 0 Å². The fraction of sp³-hybridized carbons (Fsp3) is 0.556. The molecule has 1 heterocycles. The van der Waals surface area contributed by atoms with Crippen LogP contribution in [0.15, 0.2) is 18.2 Å². The van der Waals surface area contributed by atoms with Crippen molar-refractivity contribution in [2.45, 2.75) is 45.8 Å². The SMILES string of the molecule is COc1ccc(CN2CCNC(=O)C2CC(=O)NC(C)C)cc1C. The Morgan fingerprint density at radius 1 is 1.46 bits per heavy atom. The lowest BCUT2D eigenvalue weighted by Crippen LogP contribution is -2.56. The third-order valence-corrected chi connectivity index (χ3v) is 4.12. The van der Waals surface area contributed by atoms with Gasteiger partial charge in [0.15, 0.2) is 0 Å². The van der Waals surface area contributed by atoms with E-state index in [0.717, 1.165) is 23.4 Å². The number of nitrogens with zero attached hydrogens (tertiary/aromatic N) is 1. The minimum Gasteiger partial charge on any atom is -0.496 e. The molecule has 1 aromatic carbocycles. The molecule has 2 rings (SSSR count). The van der Waals surface area contributed by atoms with Gasteiger partial charge in [-0.1, -0.05) is 12.1 Å². The van der Waals surface area contributed by atoms with Gasteiger partial charge in [0.1, 0.15) is 5.75 Å². The molecule has 24 heavy (non-hydrogen) atoms. The number of benzene rings is 1. The van der Waals surface area contributed by atoms with E-state index in [2.05, 4.69) is 21.6 Å². The third-order valence-electron chi connectivity index (χ3n) is 4.12. The molecule has 1 aliphatic heterocycles. The van der Waals surface area contributed by atoms with Gasteiger partial charge in [0.05, 0.1) is 19.6 Å².